The van der Waals surface area contributed by atoms with Crippen LogP contribution in [0.4, 0.5) is 5.69 Å². The molecule has 0 heterocycles. The third-order valence-electron chi connectivity index (χ3n) is 2.85. The van der Waals surface area contributed by atoms with Gasteiger partial charge in [0.1, 0.15) is 0 Å². The van der Waals surface area contributed by atoms with E-state index in [1.54, 1.807) is 6.92 Å². The van der Waals surface area contributed by atoms with Crippen LogP contribution in [0.25, 0.3) is 0 Å². The van der Waals surface area contributed by atoms with Crippen LogP contribution in [0.5, 0.6) is 0 Å². The largest absolute Gasteiger partial charge is 0.393 e. The number of carbonyl (C=O) groups is 1. The molecule has 0 bridgehead atoms. The van der Waals surface area contributed by atoms with Crippen LogP contribution in [-0.2, 0) is 11.2 Å². The fourth-order valence-electron chi connectivity index (χ4n) is 1.70. The third kappa shape index (κ3) is 5.82. The Kier molecular flexibility index (Phi) is 6.44. The molecule has 0 aliphatic heterocycles. The monoisotopic (exact) mass is 249 g/mol. The zero-order chi connectivity index (χ0) is 13.4. The highest BCUT2D eigenvalue weighted by atomic mass is 16.3. The summed E-state index contributed by atoms with van der Waals surface area (Å²) in [5, 5.41) is 11.9. The Morgan fingerprint density at radius 1 is 1.33 bits per heavy atom. The summed E-state index contributed by atoms with van der Waals surface area (Å²) in [7, 11) is 0. The van der Waals surface area contributed by atoms with Gasteiger partial charge in [0, 0.05) is 12.1 Å². The molecular weight excluding hydrogens is 226 g/mol. The highest BCUT2D eigenvalue weighted by Crippen LogP contribution is 2.12. The first kappa shape index (κ1) is 14.7. The van der Waals surface area contributed by atoms with Crippen molar-refractivity contribution in [1.29, 1.82) is 0 Å². The number of hydrogen-bond donors (Lipinski definition) is 2. The summed E-state index contributed by atoms with van der Waals surface area (Å²) in [4.78, 5) is 11.6. The molecule has 3 heteroatoms. The first-order valence-electron chi connectivity index (χ1n) is 6.68. The van der Waals surface area contributed by atoms with Gasteiger partial charge in [-0.2, -0.15) is 0 Å². The molecule has 1 aromatic carbocycles. The lowest BCUT2D eigenvalue weighted by Gasteiger charge is -2.07. The number of amides is 1. The summed E-state index contributed by atoms with van der Waals surface area (Å²) < 4.78 is 0. The van der Waals surface area contributed by atoms with Gasteiger partial charge in [0.05, 0.1) is 6.10 Å². The van der Waals surface area contributed by atoms with Gasteiger partial charge in [-0.3, -0.25) is 4.79 Å². The Morgan fingerprint density at radius 3 is 2.56 bits per heavy atom. The molecule has 0 aliphatic carbocycles. The van der Waals surface area contributed by atoms with E-state index in [0.717, 1.165) is 12.1 Å². The average Bonchev–Trinajstić information content (AvgIpc) is 2.35. The van der Waals surface area contributed by atoms with Crippen molar-refractivity contribution in [2.75, 3.05) is 5.32 Å². The van der Waals surface area contributed by atoms with Crippen LogP contribution in [0.15, 0.2) is 24.3 Å². The van der Waals surface area contributed by atoms with Crippen LogP contribution < -0.4 is 5.32 Å². The molecule has 0 fully saturated rings. The van der Waals surface area contributed by atoms with Crippen molar-refractivity contribution in [2.24, 2.45) is 0 Å². The predicted molar refractivity (Wildman–Crippen MR) is 74.6 cm³/mol. The second-order valence-electron chi connectivity index (χ2n) is 4.74. The van der Waals surface area contributed by atoms with Crippen molar-refractivity contribution in [3.05, 3.63) is 29.8 Å². The van der Waals surface area contributed by atoms with Crippen LogP contribution >= 0.6 is 0 Å². The van der Waals surface area contributed by atoms with Gasteiger partial charge in [-0.05, 0) is 43.9 Å². The molecule has 1 amide bonds. The fourth-order valence-corrected chi connectivity index (χ4v) is 1.70. The van der Waals surface area contributed by atoms with E-state index in [9.17, 15) is 4.79 Å². The number of aliphatic hydroxyl groups is 1. The number of hydrogen-bond acceptors (Lipinski definition) is 2. The highest BCUT2D eigenvalue weighted by Gasteiger charge is 2.04. The van der Waals surface area contributed by atoms with Crippen LogP contribution in [0, 0.1) is 0 Å². The third-order valence-corrected chi connectivity index (χ3v) is 2.85. The molecule has 1 aromatic rings. The van der Waals surface area contributed by atoms with Crippen LogP contribution in [0.1, 0.15) is 45.1 Å². The molecule has 2 N–H and O–H groups in total. The van der Waals surface area contributed by atoms with E-state index in [1.807, 2.05) is 12.1 Å². The molecule has 1 rings (SSSR count). The maximum absolute atomic E-state index is 11.6. The lowest BCUT2D eigenvalue weighted by atomic mass is 10.1. The highest BCUT2D eigenvalue weighted by molar-refractivity contribution is 5.90. The number of carbonyl (C=O) groups excluding carboxylic acids is 1. The Balaban J connectivity index is 2.40. The Bertz CT molecular complexity index is 357. The van der Waals surface area contributed by atoms with E-state index in [0.29, 0.717) is 12.8 Å². The smallest absolute Gasteiger partial charge is 0.224 e. The minimum Gasteiger partial charge on any atom is -0.393 e. The molecule has 1 unspecified atom stereocenters. The first-order chi connectivity index (χ1) is 8.61. The minimum atomic E-state index is -0.424. The molecule has 0 saturated carbocycles. The van der Waals surface area contributed by atoms with Gasteiger partial charge in [-0.1, -0.05) is 25.5 Å². The van der Waals surface area contributed by atoms with Gasteiger partial charge in [-0.15, -0.1) is 0 Å². The molecule has 0 saturated heterocycles. The van der Waals surface area contributed by atoms with E-state index in [4.69, 9.17) is 5.11 Å². The number of aryl methyl sites for hydroxylation is 1. The maximum atomic E-state index is 11.6. The van der Waals surface area contributed by atoms with E-state index >= 15 is 0 Å². The quantitative estimate of drug-likeness (QED) is 0.780. The molecule has 1 atom stereocenters. The molecule has 100 valence electrons. The van der Waals surface area contributed by atoms with Gasteiger partial charge in [-0.25, -0.2) is 0 Å². The molecule has 0 aromatic heterocycles. The van der Waals surface area contributed by atoms with Crippen LogP contribution in [0.3, 0.4) is 0 Å². The normalized spacial score (nSPS) is 12.2. The second kappa shape index (κ2) is 7.88. The van der Waals surface area contributed by atoms with Gasteiger partial charge in [0.2, 0.25) is 5.91 Å². The van der Waals surface area contributed by atoms with E-state index in [1.165, 1.54) is 18.4 Å². The Morgan fingerprint density at radius 2 is 2.00 bits per heavy atom. The number of nitrogens with one attached hydrogen (secondary N) is 1. The lowest BCUT2D eigenvalue weighted by Crippen LogP contribution is -2.13. The zero-order valence-electron chi connectivity index (χ0n) is 11.3. The Labute approximate surface area is 109 Å². The topological polar surface area (TPSA) is 49.3 Å². The molecule has 3 nitrogen and oxygen atoms in total. The number of rotatable bonds is 7. The predicted octanol–water partition coefficient (Wildman–Crippen LogP) is 3.13. The van der Waals surface area contributed by atoms with E-state index in [-0.39, 0.29) is 5.91 Å². The zero-order valence-corrected chi connectivity index (χ0v) is 11.3. The summed E-state index contributed by atoms with van der Waals surface area (Å²) in [5.74, 6) is -0.0443. The van der Waals surface area contributed by atoms with E-state index < -0.39 is 6.10 Å². The summed E-state index contributed by atoms with van der Waals surface area (Å²) in [6.45, 7) is 3.87. The van der Waals surface area contributed by atoms with Gasteiger partial charge in [0.15, 0.2) is 0 Å². The molecule has 18 heavy (non-hydrogen) atoms. The van der Waals surface area contributed by atoms with Gasteiger partial charge in [0.25, 0.3) is 0 Å². The van der Waals surface area contributed by atoms with Crippen LogP contribution in [-0.4, -0.2) is 17.1 Å². The fraction of sp³-hybridized carbons (Fsp3) is 0.533. The van der Waals surface area contributed by atoms with Crippen molar-refractivity contribution >= 4 is 11.6 Å². The van der Waals surface area contributed by atoms with Crippen LogP contribution in [0.2, 0.25) is 0 Å². The van der Waals surface area contributed by atoms with Gasteiger partial charge >= 0.3 is 0 Å². The average molecular weight is 249 g/mol. The maximum Gasteiger partial charge on any atom is 0.224 e. The van der Waals surface area contributed by atoms with E-state index in [2.05, 4.69) is 24.4 Å². The molecule has 0 aliphatic rings. The number of aliphatic hydroxyl groups excluding tert-OH is 1. The molecular formula is C15H23NO2. The van der Waals surface area contributed by atoms with Crippen molar-refractivity contribution in [1.82, 2.24) is 0 Å². The lowest BCUT2D eigenvalue weighted by molar-refractivity contribution is -0.116. The van der Waals surface area contributed by atoms with Crippen molar-refractivity contribution in [2.45, 2.75) is 52.1 Å². The SMILES string of the molecule is CCCCc1ccc(NC(=O)CCC(C)O)cc1. The summed E-state index contributed by atoms with van der Waals surface area (Å²) >= 11 is 0. The van der Waals surface area contributed by atoms with Crippen molar-refractivity contribution in [3.8, 4) is 0 Å². The Hall–Kier alpha value is -1.35. The van der Waals surface area contributed by atoms with Crippen molar-refractivity contribution < 1.29 is 9.90 Å². The number of unbranched alkanes of at least 4 members (excludes halogenated alkanes) is 1. The summed E-state index contributed by atoms with van der Waals surface area (Å²) in [6, 6.07) is 7.98. The second-order valence-corrected chi connectivity index (χ2v) is 4.74. The first-order valence-corrected chi connectivity index (χ1v) is 6.68. The number of benzene rings is 1. The standard InChI is InChI=1S/C15H23NO2/c1-3-4-5-13-7-9-14(10-8-13)16-15(18)11-6-12(2)17/h7-10,12,17H,3-6,11H2,1-2H3,(H,16,18). The molecule has 0 radical (unpaired) electrons. The van der Waals surface area contributed by atoms with Gasteiger partial charge < -0.3 is 10.4 Å². The summed E-state index contributed by atoms with van der Waals surface area (Å²) in [5.41, 5.74) is 2.13. The number of anilines is 1. The summed E-state index contributed by atoms with van der Waals surface area (Å²) in [6.07, 6.45) is 3.91. The molecule has 0 spiro atoms. The van der Waals surface area contributed by atoms with Crippen molar-refractivity contribution in [3.63, 3.8) is 0 Å². The minimum absolute atomic E-state index is 0.0443.